The lowest BCUT2D eigenvalue weighted by molar-refractivity contribution is -0.120. The van der Waals surface area contributed by atoms with Gasteiger partial charge in [-0.05, 0) is 44.5 Å². The molecule has 2 saturated heterocycles. The van der Waals surface area contributed by atoms with Crippen molar-refractivity contribution in [3.05, 3.63) is 24.3 Å². The van der Waals surface area contributed by atoms with Gasteiger partial charge in [0.1, 0.15) is 0 Å². The molecule has 22 heavy (non-hydrogen) atoms. The lowest BCUT2D eigenvalue weighted by atomic mass is 9.97. The molecule has 0 aliphatic carbocycles. The van der Waals surface area contributed by atoms with Crippen molar-refractivity contribution < 1.29 is 9.59 Å². The molecule has 5 nitrogen and oxygen atoms in total. The van der Waals surface area contributed by atoms with Crippen molar-refractivity contribution in [1.82, 2.24) is 5.32 Å². The Labute approximate surface area is 136 Å². The normalized spacial score (nSPS) is 18.9. The number of hydrogen-bond acceptors (Lipinski definition) is 3. The number of para-hydroxylation sites is 2. The molecule has 2 aliphatic heterocycles. The minimum atomic E-state index is 0. The molecule has 1 aromatic rings. The second-order valence-electron chi connectivity index (χ2n) is 5.68. The average Bonchev–Trinajstić information content (AvgIpc) is 2.95. The third-order valence-electron chi connectivity index (χ3n) is 4.24. The first-order chi connectivity index (χ1) is 10.3. The summed E-state index contributed by atoms with van der Waals surface area (Å²) in [6.07, 6.45) is 3.22. The van der Waals surface area contributed by atoms with Crippen LogP contribution in [-0.2, 0) is 9.59 Å². The molecule has 0 bridgehead atoms. The van der Waals surface area contributed by atoms with E-state index in [4.69, 9.17) is 0 Å². The van der Waals surface area contributed by atoms with Gasteiger partial charge in [-0.3, -0.25) is 9.59 Å². The molecule has 2 amide bonds. The van der Waals surface area contributed by atoms with E-state index in [0.717, 1.165) is 50.3 Å². The highest BCUT2D eigenvalue weighted by atomic mass is 35.5. The van der Waals surface area contributed by atoms with Crippen LogP contribution in [0.25, 0.3) is 0 Å². The first-order valence-electron chi connectivity index (χ1n) is 7.66. The van der Waals surface area contributed by atoms with Gasteiger partial charge in [0.25, 0.3) is 0 Å². The molecule has 2 aliphatic rings. The summed E-state index contributed by atoms with van der Waals surface area (Å²) in [5.74, 6) is 0.266. The summed E-state index contributed by atoms with van der Waals surface area (Å²) in [5, 5.41) is 6.28. The Morgan fingerprint density at radius 2 is 1.95 bits per heavy atom. The Morgan fingerprint density at radius 1 is 1.23 bits per heavy atom. The minimum absolute atomic E-state index is 0. The van der Waals surface area contributed by atoms with Gasteiger partial charge in [0.05, 0.1) is 11.4 Å². The molecular formula is C16H22ClN3O2. The van der Waals surface area contributed by atoms with Gasteiger partial charge in [0.15, 0.2) is 0 Å². The van der Waals surface area contributed by atoms with Crippen LogP contribution in [0.15, 0.2) is 24.3 Å². The maximum Gasteiger partial charge on any atom is 0.227 e. The summed E-state index contributed by atoms with van der Waals surface area (Å²) >= 11 is 0. The summed E-state index contributed by atoms with van der Waals surface area (Å²) in [5.41, 5.74) is 1.57. The molecule has 0 radical (unpaired) electrons. The largest absolute Gasteiger partial charge is 0.324 e. The van der Waals surface area contributed by atoms with E-state index in [1.165, 1.54) is 0 Å². The van der Waals surface area contributed by atoms with Crippen LogP contribution in [0.3, 0.4) is 0 Å². The highest BCUT2D eigenvalue weighted by Gasteiger charge is 2.26. The maximum atomic E-state index is 12.4. The Morgan fingerprint density at radius 3 is 2.64 bits per heavy atom. The number of piperidine rings is 1. The summed E-state index contributed by atoms with van der Waals surface area (Å²) in [6.45, 7) is 2.52. The van der Waals surface area contributed by atoms with Crippen molar-refractivity contribution in [1.29, 1.82) is 0 Å². The van der Waals surface area contributed by atoms with Crippen LogP contribution < -0.4 is 15.5 Å². The van der Waals surface area contributed by atoms with E-state index in [2.05, 4.69) is 10.6 Å². The molecule has 0 aromatic heterocycles. The van der Waals surface area contributed by atoms with E-state index in [-0.39, 0.29) is 30.1 Å². The lowest BCUT2D eigenvalue weighted by Crippen LogP contribution is -2.35. The Balaban J connectivity index is 0.00000176. The van der Waals surface area contributed by atoms with Crippen molar-refractivity contribution >= 4 is 35.6 Å². The summed E-state index contributed by atoms with van der Waals surface area (Å²) < 4.78 is 0. The Kier molecular flexibility index (Phi) is 5.80. The Hall–Kier alpha value is -1.59. The number of carbonyl (C=O) groups excluding carboxylic acids is 2. The van der Waals surface area contributed by atoms with Crippen LogP contribution >= 0.6 is 12.4 Å². The first-order valence-corrected chi connectivity index (χ1v) is 7.66. The number of rotatable bonds is 3. The molecule has 0 saturated carbocycles. The standard InChI is InChI=1S/C16H21N3O2.ClH/c20-15-6-3-11-19(15)14-5-2-1-4-13(14)18-16(21)12-7-9-17-10-8-12;/h1-2,4-5,12,17H,3,6-11H2,(H,18,21);1H. The van der Waals surface area contributed by atoms with Crippen LogP contribution in [0.4, 0.5) is 11.4 Å². The van der Waals surface area contributed by atoms with Crippen molar-refractivity contribution in [3.63, 3.8) is 0 Å². The van der Waals surface area contributed by atoms with Gasteiger partial charge in [0, 0.05) is 18.9 Å². The fraction of sp³-hybridized carbons (Fsp3) is 0.500. The number of amides is 2. The molecule has 120 valence electrons. The maximum absolute atomic E-state index is 12.4. The van der Waals surface area contributed by atoms with Crippen LogP contribution in [0.5, 0.6) is 0 Å². The number of benzene rings is 1. The predicted octanol–water partition coefficient (Wildman–Crippen LogP) is 2.17. The third-order valence-corrected chi connectivity index (χ3v) is 4.24. The molecule has 0 atom stereocenters. The zero-order chi connectivity index (χ0) is 14.7. The van der Waals surface area contributed by atoms with Gasteiger partial charge in [-0.1, -0.05) is 12.1 Å². The summed E-state index contributed by atoms with van der Waals surface area (Å²) in [4.78, 5) is 26.1. The monoisotopic (exact) mass is 323 g/mol. The first kappa shape index (κ1) is 16.8. The quantitative estimate of drug-likeness (QED) is 0.896. The van der Waals surface area contributed by atoms with Gasteiger partial charge in [0.2, 0.25) is 11.8 Å². The number of anilines is 2. The molecule has 0 spiro atoms. The van der Waals surface area contributed by atoms with Crippen molar-refractivity contribution in [3.8, 4) is 0 Å². The van der Waals surface area contributed by atoms with Gasteiger partial charge < -0.3 is 15.5 Å². The zero-order valence-electron chi connectivity index (χ0n) is 12.5. The fourth-order valence-electron chi connectivity index (χ4n) is 3.04. The number of hydrogen-bond donors (Lipinski definition) is 2. The summed E-state index contributed by atoms with van der Waals surface area (Å²) in [6, 6.07) is 7.57. The Bertz CT molecular complexity index is 544. The smallest absolute Gasteiger partial charge is 0.227 e. The molecule has 2 N–H and O–H groups in total. The predicted molar refractivity (Wildman–Crippen MR) is 89.5 cm³/mol. The van der Waals surface area contributed by atoms with Crippen LogP contribution in [0, 0.1) is 5.92 Å². The second kappa shape index (κ2) is 7.61. The summed E-state index contributed by atoms with van der Waals surface area (Å²) in [7, 11) is 0. The lowest BCUT2D eigenvalue weighted by Gasteiger charge is -2.24. The van der Waals surface area contributed by atoms with Crippen LogP contribution in [-0.4, -0.2) is 31.4 Å². The minimum Gasteiger partial charge on any atom is -0.324 e. The van der Waals surface area contributed by atoms with E-state index >= 15 is 0 Å². The molecule has 1 aromatic carbocycles. The topological polar surface area (TPSA) is 61.4 Å². The highest BCUT2D eigenvalue weighted by Crippen LogP contribution is 2.30. The van der Waals surface area contributed by atoms with E-state index < -0.39 is 0 Å². The van der Waals surface area contributed by atoms with Crippen molar-refractivity contribution in [2.24, 2.45) is 5.92 Å². The molecule has 2 heterocycles. The highest BCUT2D eigenvalue weighted by molar-refractivity contribution is 6.02. The van der Waals surface area contributed by atoms with E-state index in [9.17, 15) is 9.59 Å². The fourth-order valence-corrected chi connectivity index (χ4v) is 3.04. The van der Waals surface area contributed by atoms with Gasteiger partial charge in [-0.2, -0.15) is 0 Å². The number of carbonyl (C=O) groups is 2. The third kappa shape index (κ3) is 3.59. The number of nitrogens with one attached hydrogen (secondary N) is 2. The molecule has 2 fully saturated rings. The van der Waals surface area contributed by atoms with Gasteiger partial charge in [-0.15, -0.1) is 12.4 Å². The number of halogens is 1. The molecule has 3 rings (SSSR count). The number of nitrogens with zero attached hydrogens (tertiary/aromatic N) is 1. The van der Waals surface area contributed by atoms with Crippen LogP contribution in [0.2, 0.25) is 0 Å². The average molecular weight is 324 g/mol. The molecule has 0 unspecified atom stereocenters. The van der Waals surface area contributed by atoms with E-state index in [1.807, 2.05) is 24.3 Å². The van der Waals surface area contributed by atoms with Gasteiger partial charge in [-0.25, -0.2) is 0 Å². The molecular weight excluding hydrogens is 302 g/mol. The van der Waals surface area contributed by atoms with E-state index in [0.29, 0.717) is 6.42 Å². The SMILES string of the molecule is Cl.O=C(Nc1ccccc1N1CCCC1=O)C1CCNCC1. The van der Waals surface area contributed by atoms with Crippen molar-refractivity contribution in [2.45, 2.75) is 25.7 Å². The van der Waals surface area contributed by atoms with Crippen molar-refractivity contribution in [2.75, 3.05) is 29.9 Å². The van der Waals surface area contributed by atoms with Gasteiger partial charge >= 0.3 is 0 Å². The van der Waals surface area contributed by atoms with Crippen LogP contribution in [0.1, 0.15) is 25.7 Å². The molecule has 6 heteroatoms. The van der Waals surface area contributed by atoms with E-state index in [1.54, 1.807) is 4.90 Å². The zero-order valence-corrected chi connectivity index (χ0v) is 13.3. The second-order valence-corrected chi connectivity index (χ2v) is 5.68.